The zero-order valence-electron chi connectivity index (χ0n) is 61.1. The fraction of sp³-hybridized carbons (Fsp3) is 0.855. The van der Waals surface area contributed by atoms with E-state index in [4.69, 9.17) is 60.9 Å². The summed E-state index contributed by atoms with van der Waals surface area (Å²) in [6, 6.07) is -1.30. The first-order valence-corrected chi connectivity index (χ1v) is 39.5. The van der Waals surface area contributed by atoms with Crippen LogP contribution >= 0.6 is 7.82 Å². The first-order valence-electron chi connectivity index (χ1n) is 38.1. The standard InChI is InChI=1S/C76H138NO18P/c1-10-17-21-25-28-31-32-33-34-35-36-37-39-42-46-50-58-86-73-72(87-59-53-64(84-9)52-48-43-24-20-13-4)70(95-96(82,90-55-15-6)91-56-16-7)65(61-83-8)93-75(73)89-62-66-69(94-76(81)88-54-14-5)71(85-57-49-45-41-30-27-23-19-12-3)68(74(80)92-66)77-67(79)60-63(78)51-47-44-40-38-29-26-22-18-11-2/h14-16,31-32,64-66,68-75,80H,5-7,10-13,17-30,33-62H2,1-4,8-9H3,(H,77,79)/b32-31-/t64-,65-,66-,68-,69-,70-,71-,72+,73-,74+,75-/m1/s1. The molecule has 2 aliphatic rings. The third kappa shape index (κ3) is 42.4. The summed E-state index contributed by atoms with van der Waals surface area (Å²) in [6.45, 7) is 19.6. The molecule has 2 aliphatic heterocycles. The minimum atomic E-state index is -4.41. The largest absolute Gasteiger partial charge is 0.509 e. The fourth-order valence-corrected chi connectivity index (χ4v) is 13.5. The number of carbonyl (C=O) groups is 3. The lowest BCUT2D eigenvalue weighted by molar-refractivity contribution is -0.329. The summed E-state index contributed by atoms with van der Waals surface area (Å²) in [5, 5.41) is 14.9. The minimum Gasteiger partial charge on any atom is -0.430 e. The Morgan fingerprint density at radius 3 is 1.50 bits per heavy atom. The van der Waals surface area contributed by atoms with E-state index in [0.29, 0.717) is 25.7 Å². The molecule has 0 aromatic rings. The van der Waals surface area contributed by atoms with E-state index in [1.165, 1.54) is 128 Å². The number of carbonyl (C=O) groups excluding carboxylic acids is 3. The molecule has 0 spiro atoms. The predicted molar refractivity (Wildman–Crippen MR) is 382 cm³/mol. The van der Waals surface area contributed by atoms with E-state index < -0.39 is 94.3 Å². The highest BCUT2D eigenvalue weighted by molar-refractivity contribution is 7.48. The van der Waals surface area contributed by atoms with Crippen LogP contribution in [-0.4, -0.2) is 157 Å². The van der Waals surface area contributed by atoms with Crippen LogP contribution in [0.3, 0.4) is 0 Å². The number of hydrogen-bond donors (Lipinski definition) is 2. The van der Waals surface area contributed by atoms with Gasteiger partial charge < -0.3 is 57.8 Å². The van der Waals surface area contributed by atoms with E-state index in [2.05, 4.69) is 64.9 Å². The Kier molecular flexibility index (Phi) is 56.5. The molecule has 2 rings (SSSR count). The molecule has 0 aliphatic carbocycles. The van der Waals surface area contributed by atoms with Crippen molar-refractivity contribution >= 4 is 25.7 Å². The smallest absolute Gasteiger partial charge is 0.430 e. The molecule has 0 unspecified atom stereocenters. The van der Waals surface area contributed by atoms with Gasteiger partial charge >= 0.3 is 14.0 Å². The number of ether oxygens (including phenoxy) is 10. The average molecular weight is 1380 g/mol. The number of rotatable bonds is 67. The summed E-state index contributed by atoms with van der Waals surface area (Å²) >= 11 is 0. The highest BCUT2D eigenvalue weighted by atomic mass is 31.2. The number of phosphoric ester groups is 1. The first-order chi connectivity index (χ1) is 46.9. The zero-order chi connectivity index (χ0) is 70.0. The second kappa shape index (κ2) is 60.8. The van der Waals surface area contributed by atoms with Crippen LogP contribution in [0.5, 0.6) is 0 Å². The van der Waals surface area contributed by atoms with E-state index in [-0.39, 0.29) is 64.6 Å². The second-order valence-electron chi connectivity index (χ2n) is 26.2. The van der Waals surface area contributed by atoms with Gasteiger partial charge in [-0.3, -0.25) is 23.2 Å². The van der Waals surface area contributed by atoms with Crippen LogP contribution in [0.25, 0.3) is 0 Å². The van der Waals surface area contributed by atoms with Crippen molar-refractivity contribution in [3.8, 4) is 0 Å². The van der Waals surface area contributed by atoms with E-state index in [1.54, 1.807) is 7.11 Å². The lowest BCUT2D eigenvalue weighted by Crippen LogP contribution is -2.66. The number of Topliss-reactive ketones (excluding diaryl/α,β-unsaturated/α-hetero) is 1. The van der Waals surface area contributed by atoms with Crippen molar-refractivity contribution in [1.29, 1.82) is 0 Å². The van der Waals surface area contributed by atoms with E-state index >= 15 is 0 Å². The molecule has 0 aromatic heterocycles. The zero-order valence-corrected chi connectivity index (χ0v) is 62.0. The monoisotopic (exact) mass is 1380 g/mol. The molecular formula is C76H138NO18P. The molecule has 0 saturated carbocycles. The van der Waals surface area contributed by atoms with Crippen molar-refractivity contribution < 1.29 is 85.0 Å². The first kappa shape index (κ1) is 89.2. The molecule has 0 aromatic carbocycles. The van der Waals surface area contributed by atoms with E-state index in [0.717, 1.165) is 116 Å². The number of ketones is 1. The van der Waals surface area contributed by atoms with Crippen molar-refractivity contribution in [1.82, 2.24) is 5.32 Å². The van der Waals surface area contributed by atoms with Gasteiger partial charge in [0.15, 0.2) is 18.7 Å². The van der Waals surface area contributed by atoms with Gasteiger partial charge in [0.1, 0.15) is 55.1 Å². The average Bonchev–Trinajstić information content (AvgIpc) is 0.790. The van der Waals surface area contributed by atoms with Crippen molar-refractivity contribution in [3.05, 3.63) is 50.1 Å². The molecule has 2 saturated heterocycles. The number of methoxy groups -OCH3 is 2. The van der Waals surface area contributed by atoms with Gasteiger partial charge in [0.05, 0.1) is 39.0 Å². The van der Waals surface area contributed by atoms with Crippen LogP contribution in [0, 0.1) is 0 Å². The molecule has 20 heteroatoms. The third-order valence-electron chi connectivity index (χ3n) is 17.7. The number of aliphatic hydroxyl groups excluding tert-OH is 1. The van der Waals surface area contributed by atoms with Gasteiger partial charge in [-0.25, -0.2) is 9.36 Å². The SMILES string of the molecule is C=CCOC(=O)O[C@H]1[C@H](OCCCCCCCCCC)[C@@H](NC(=O)CC(=O)CCCCCCCCCCC)[C@@H](O)O[C@@H]1CO[C@@H]1O[C@H](COC)[C@@H](OP(=O)(OCC=C)OCC=C)[C@H](OCC[C@@H](CCCCCCC)OC)[C@H]1OCCCCCCCCCC/C=C\CCCCCC. The molecule has 19 nitrogen and oxygen atoms in total. The van der Waals surface area contributed by atoms with Gasteiger partial charge in [0.2, 0.25) is 5.91 Å². The summed E-state index contributed by atoms with van der Waals surface area (Å²) in [5.41, 5.74) is 0. The molecule has 560 valence electrons. The van der Waals surface area contributed by atoms with Crippen LogP contribution in [0.1, 0.15) is 285 Å². The fourth-order valence-electron chi connectivity index (χ4n) is 12.2. The Labute approximate surface area is 582 Å². The molecule has 1 amide bonds. The number of phosphoric acid groups is 1. The number of aliphatic hydroxyl groups is 1. The van der Waals surface area contributed by atoms with Gasteiger partial charge in [0, 0.05) is 40.5 Å². The van der Waals surface area contributed by atoms with Crippen molar-refractivity contribution in [3.63, 3.8) is 0 Å². The normalized spacial score (nSPS) is 21.7. The summed E-state index contributed by atoms with van der Waals surface area (Å²) in [7, 11) is -1.22. The Morgan fingerprint density at radius 1 is 0.510 bits per heavy atom. The molecule has 2 fully saturated rings. The molecule has 11 atom stereocenters. The molecule has 96 heavy (non-hydrogen) atoms. The Balaban J connectivity index is 2.61. The maximum absolute atomic E-state index is 14.7. The van der Waals surface area contributed by atoms with Crippen molar-refractivity contribution in [2.45, 2.75) is 352 Å². The molecule has 2 N–H and O–H groups in total. The highest BCUT2D eigenvalue weighted by Crippen LogP contribution is 2.53. The van der Waals surface area contributed by atoms with Crippen molar-refractivity contribution in [2.24, 2.45) is 0 Å². The summed E-state index contributed by atoms with van der Waals surface area (Å²) in [5.74, 6) is -0.855. The Bertz CT molecular complexity index is 1980. The third-order valence-corrected chi connectivity index (χ3v) is 19.2. The lowest BCUT2D eigenvalue weighted by Gasteiger charge is -2.47. The van der Waals surface area contributed by atoms with Crippen LogP contribution in [0.4, 0.5) is 4.79 Å². The maximum atomic E-state index is 14.7. The Morgan fingerprint density at radius 2 is 0.979 bits per heavy atom. The van der Waals surface area contributed by atoms with Crippen molar-refractivity contribution in [2.75, 3.05) is 67.1 Å². The Hall–Kier alpha value is -2.88. The quantitative estimate of drug-likeness (QED) is 0.0190. The topological polar surface area (TPSA) is 221 Å². The van der Waals surface area contributed by atoms with Crippen LogP contribution in [-0.2, 0) is 75.1 Å². The molecular weight excluding hydrogens is 1250 g/mol. The number of hydrogen-bond acceptors (Lipinski definition) is 18. The maximum Gasteiger partial charge on any atom is 0.509 e. The number of allylic oxidation sites excluding steroid dienone is 2. The van der Waals surface area contributed by atoms with Crippen LogP contribution < -0.4 is 5.32 Å². The second-order valence-corrected chi connectivity index (χ2v) is 27.8. The van der Waals surface area contributed by atoms with Gasteiger partial charge in [-0.05, 0) is 57.8 Å². The predicted octanol–water partition coefficient (Wildman–Crippen LogP) is 18.2. The lowest BCUT2D eigenvalue weighted by atomic mass is 9.95. The minimum absolute atomic E-state index is 0.106. The summed E-state index contributed by atoms with van der Waals surface area (Å²) in [4.78, 5) is 40.9. The highest BCUT2D eigenvalue weighted by Gasteiger charge is 2.54. The van der Waals surface area contributed by atoms with E-state index in [1.807, 2.05) is 0 Å². The van der Waals surface area contributed by atoms with Gasteiger partial charge in [-0.1, -0.05) is 251 Å². The summed E-state index contributed by atoms with van der Waals surface area (Å²) in [6.07, 6.45) is 37.1. The van der Waals surface area contributed by atoms with Gasteiger partial charge in [-0.15, -0.1) is 13.2 Å². The van der Waals surface area contributed by atoms with Gasteiger partial charge in [0.25, 0.3) is 0 Å². The number of amides is 1. The van der Waals surface area contributed by atoms with Crippen LogP contribution in [0.2, 0.25) is 0 Å². The number of unbranched alkanes of at least 4 members (excludes halogenated alkanes) is 31. The summed E-state index contributed by atoms with van der Waals surface area (Å²) < 4.78 is 96.3. The van der Waals surface area contributed by atoms with Crippen LogP contribution in [0.15, 0.2) is 50.1 Å². The van der Waals surface area contributed by atoms with Gasteiger partial charge in [-0.2, -0.15) is 0 Å². The molecule has 0 bridgehead atoms. The molecule has 2 heterocycles. The number of nitrogens with one attached hydrogen (secondary N) is 1. The van der Waals surface area contributed by atoms with E-state index in [9.17, 15) is 24.1 Å². The molecule has 0 radical (unpaired) electrons.